The fourth-order valence-electron chi connectivity index (χ4n) is 1.28. The molecule has 4 heteroatoms. The summed E-state index contributed by atoms with van der Waals surface area (Å²) in [5.41, 5.74) is 0.778. The van der Waals surface area contributed by atoms with Crippen LogP contribution in [0.4, 0.5) is 0 Å². The van der Waals surface area contributed by atoms with E-state index in [4.69, 9.17) is 26.2 Å². The molecule has 0 aliphatic heterocycles. The zero-order valence-corrected chi connectivity index (χ0v) is 10.3. The Morgan fingerprint density at radius 3 is 2.50 bits per heavy atom. The Morgan fingerprint density at radius 2 is 2.00 bits per heavy atom. The first-order valence-corrected chi connectivity index (χ1v) is 5.24. The molecule has 0 spiro atoms. The minimum absolute atomic E-state index is 0.471. The molecule has 0 bridgehead atoms. The molecule has 0 saturated heterocycles. The molecule has 1 atom stereocenters. The van der Waals surface area contributed by atoms with E-state index in [0.29, 0.717) is 16.5 Å². The molecular formula is C12H15ClO3. The van der Waals surface area contributed by atoms with E-state index in [1.54, 1.807) is 32.3 Å². The van der Waals surface area contributed by atoms with Gasteiger partial charge in [-0.25, -0.2) is 0 Å². The second kappa shape index (κ2) is 5.77. The molecule has 1 aromatic carbocycles. The summed E-state index contributed by atoms with van der Waals surface area (Å²) in [5, 5.41) is 9.62. The van der Waals surface area contributed by atoms with Gasteiger partial charge in [-0.2, -0.15) is 0 Å². The van der Waals surface area contributed by atoms with Gasteiger partial charge >= 0.3 is 0 Å². The van der Waals surface area contributed by atoms with Gasteiger partial charge in [0.1, 0.15) is 0 Å². The Hall–Kier alpha value is -1.19. The molecule has 0 amide bonds. The van der Waals surface area contributed by atoms with Crippen molar-refractivity contribution in [3.05, 3.63) is 28.8 Å². The zero-order chi connectivity index (χ0) is 12.1. The van der Waals surface area contributed by atoms with Gasteiger partial charge < -0.3 is 14.6 Å². The van der Waals surface area contributed by atoms with E-state index in [1.165, 1.54) is 7.11 Å². The molecule has 16 heavy (non-hydrogen) atoms. The Morgan fingerprint density at radius 1 is 1.31 bits per heavy atom. The summed E-state index contributed by atoms with van der Waals surface area (Å²) in [4.78, 5) is 0. The quantitative estimate of drug-likeness (QED) is 0.883. The molecule has 0 radical (unpaired) electrons. The van der Waals surface area contributed by atoms with Crippen molar-refractivity contribution in [2.75, 3.05) is 14.2 Å². The summed E-state index contributed by atoms with van der Waals surface area (Å²) in [6, 6.07) is 3.58. The highest BCUT2D eigenvalue weighted by Crippen LogP contribution is 2.37. The maximum absolute atomic E-state index is 9.15. The largest absolute Gasteiger partial charge is 0.493 e. The second-order valence-electron chi connectivity index (χ2n) is 3.30. The number of hydrogen-bond acceptors (Lipinski definition) is 3. The summed E-state index contributed by atoms with van der Waals surface area (Å²) < 4.78 is 10.3. The van der Waals surface area contributed by atoms with Crippen molar-refractivity contribution in [3.8, 4) is 11.5 Å². The summed E-state index contributed by atoms with van der Waals surface area (Å²) in [6.45, 7) is 1.67. The van der Waals surface area contributed by atoms with E-state index in [2.05, 4.69) is 0 Å². The van der Waals surface area contributed by atoms with E-state index in [1.807, 2.05) is 6.07 Å². The van der Waals surface area contributed by atoms with Crippen LogP contribution >= 0.6 is 11.6 Å². The van der Waals surface area contributed by atoms with Gasteiger partial charge in [-0.15, -0.1) is 0 Å². The minimum Gasteiger partial charge on any atom is -0.493 e. The normalized spacial score (nSPS) is 12.8. The standard InChI is InChI=1S/C12H15ClO3/c1-8(14)4-5-9-6-7-10(15-2)12(16-3)11(9)13/h4-8,14H,1-3H3/b5-4+. The van der Waals surface area contributed by atoms with Gasteiger partial charge in [-0.3, -0.25) is 0 Å². The Kier molecular flexibility index (Phi) is 4.65. The zero-order valence-electron chi connectivity index (χ0n) is 9.53. The van der Waals surface area contributed by atoms with Crippen LogP contribution in [0.2, 0.25) is 5.02 Å². The molecule has 0 aliphatic rings. The Bertz CT molecular complexity index is 386. The van der Waals surface area contributed by atoms with Crippen molar-refractivity contribution >= 4 is 17.7 Å². The number of aliphatic hydroxyl groups is 1. The van der Waals surface area contributed by atoms with E-state index in [9.17, 15) is 0 Å². The summed E-state index contributed by atoms with van der Waals surface area (Å²) in [6.07, 6.45) is 2.88. The molecule has 0 saturated carbocycles. The van der Waals surface area contributed by atoms with Gasteiger partial charge in [-0.05, 0) is 24.6 Å². The SMILES string of the molecule is COc1ccc(/C=C/C(C)O)c(Cl)c1OC. The molecule has 88 valence electrons. The number of aliphatic hydroxyl groups excluding tert-OH is 1. The lowest BCUT2D eigenvalue weighted by Crippen LogP contribution is -1.94. The van der Waals surface area contributed by atoms with Crippen LogP contribution in [0.25, 0.3) is 6.08 Å². The lowest BCUT2D eigenvalue weighted by molar-refractivity contribution is 0.245. The first-order chi connectivity index (χ1) is 7.60. The highest BCUT2D eigenvalue weighted by atomic mass is 35.5. The van der Waals surface area contributed by atoms with Crippen molar-refractivity contribution in [1.82, 2.24) is 0 Å². The molecular weight excluding hydrogens is 228 g/mol. The molecule has 0 fully saturated rings. The molecule has 1 aromatic rings. The van der Waals surface area contributed by atoms with Crippen LogP contribution in [0.15, 0.2) is 18.2 Å². The Balaban J connectivity index is 3.14. The summed E-state index contributed by atoms with van der Waals surface area (Å²) in [7, 11) is 3.09. The predicted molar refractivity (Wildman–Crippen MR) is 65.3 cm³/mol. The third-order valence-corrected chi connectivity index (χ3v) is 2.46. The first kappa shape index (κ1) is 12.9. The van der Waals surface area contributed by atoms with Gasteiger partial charge in [0.05, 0.1) is 25.3 Å². The van der Waals surface area contributed by atoms with E-state index in [-0.39, 0.29) is 0 Å². The summed E-state index contributed by atoms with van der Waals surface area (Å²) in [5.74, 6) is 1.08. The van der Waals surface area contributed by atoms with Crippen LogP contribution in [0.5, 0.6) is 11.5 Å². The molecule has 0 heterocycles. The fraction of sp³-hybridized carbons (Fsp3) is 0.333. The number of methoxy groups -OCH3 is 2. The third kappa shape index (κ3) is 2.90. The average Bonchev–Trinajstić information content (AvgIpc) is 2.26. The molecule has 1 N–H and O–H groups in total. The average molecular weight is 243 g/mol. The number of ether oxygens (including phenoxy) is 2. The van der Waals surface area contributed by atoms with E-state index in [0.717, 1.165) is 5.56 Å². The molecule has 1 rings (SSSR count). The number of benzene rings is 1. The van der Waals surface area contributed by atoms with Gasteiger partial charge in [0.15, 0.2) is 11.5 Å². The van der Waals surface area contributed by atoms with Crippen LogP contribution < -0.4 is 9.47 Å². The van der Waals surface area contributed by atoms with Gasteiger partial charge in [-0.1, -0.05) is 23.8 Å². The molecule has 0 aliphatic carbocycles. The highest BCUT2D eigenvalue weighted by Gasteiger charge is 2.11. The van der Waals surface area contributed by atoms with Crippen molar-refractivity contribution in [2.24, 2.45) is 0 Å². The van der Waals surface area contributed by atoms with Crippen molar-refractivity contribution < 1.29 is 14.6 Å². The van der Waals surface area contributed by atoms with Crippen molar-refractivity contribution in [2.45, 2.75) is 13.0 Å². The topological polar surface area (TPSA) is 38.7 Å². The van der Waals surface area contributed by atoms with Crippen molar-refractivity contribution in [1.29, 1.82) is 0 Å². The molecule has 1 unspecified atom stereocenters. The third-order valence-electron chi connectivity index (χ3n) is 2.07. The summed E-state index contributed by atoms with van der Waals surface area (Å²) >= 11 is 6.14. The van der Waals surface area contributed by atoms with Crippen LogP contribution in [0.3, 0.4) is 0 Å². The maximum Gasteiger partial charge on any atom is 0.179 e. The lowest BCUT2D eigenvalue weighted by atomic mass is 10.1. The minimum atomic E-state index is -0.510. The Labute approximate surface area is 100 Å². The van der Waals surface area contributed by atoms with E-state index >= 15 is 0 Å². The van der Waals surface area contributed by atoms with Crippen molar-refractivity contribution in [3.63, 3.8) is 0 Å². The van der Waals surface area contributed by atoms with Crippen LogP contribution in [-0.4, -0.2) is 25.4 Å². The molecule has 0 aromatic heterocycles. The van der Waals surface area contributed by atoms with Crippen LogP contribution in [0, 0.1) is 0 Å². The predicted octanol–water partition coefficient (Wildman–Crippen LogP) is 2.75. The lowest BCUT2D eigenvalue weighted by Gasteiger charge is -2.10. The number of halogens is 1. The van der Waals surface area contributed by atoms with E-state index < -0.39 is 6.10 Å². The van der Waals surface area contributed by atoms with Gasteiger partial charge in [0, 0.05) is 0 Å². The van der Waals surface area contributed by atoms with Crippen LogP contribution in [0.1, 0.15) is 12.5 Å². The maximum atomic E-state index is 9.15. The second-order valence-corrected chi connectivity index (χ2v) is 3.68. The van der Waals surface area contributed by atoms with Gasteiger partial charge in [0.2, 0.25) is 0 Å². The first-order valence-electron chi connectivity index (χ1n) is 4.87. The monoisotopic (exact) mass is 242 g/mol. The smallest absolute Gasteiger partial charge is 0.179 e. The number of rotatable bonds is 4. The van der Waals surface area contributed by atoms with Crippen LogP contribution in [-0.2, 0) is 0 Å². The fourth-order valence-corrected chi connectivity index (χ4v) is 1.57. The molecule has 3 nitrogen and oxygen atoms in total. The highest BCUT2D eigenvalue weighted by molar-refractivity contribution is 6.33. The number of hydrogen-bond donors (Lipinski definition) is 1. The van der Waals surface area contributed by atoms with Gasteiger partial charge in [0.25, 0.3) is 0 Å².